The second kappa shape index (κ2) is 5.80. The van der Waals surface area contributed by atoms with Gasteiger partial charge < -0.3 is 5.32 Å². The molecule has 1 unspecified atom stereocenters. The molecule has 1 N–H and O–H groups in total. The van der Waals surface area contributed by atoms with Crippen LogP contribution < -0.4 is 5.32 Å². The normalized spacial score (nSPS) is 18.5. The van der Waals surface area contributed by atoms with Crippen LogP contribution in [0.4, 0.5) is 0 Å². The minimum Gasteiger partial charge on any atom is -0.352 e. The van der Waals surface area contributed by atoms with Crippen LogP contribution in [0.3, 0.4) is 0 Å². The molecule has 19 heavy (non-hydrogen) atoms. The SMILES string of the molecule is CC(C)(C)c1nc(C(Cl)C(=O)NC2CCCC2)cs1. The molecule has 1 aliphatic rings. The van der Waals surface area contributed by atoms with Gasteiger partial charge in [-0.2, -0.15) is 0 Å². The summed E-state index contributed by atoms with van der Waals surface area (Å²) in [6.45, 7) is 6.33. The van der Waals surface area contributed by atoms with E-state index in [-0.39, 0.29) is 11.3 Å². The van der Waals surface area contributed by atoms with Gasteiger partial charge in [0, 0.05) is 16.8 Å². The molecule has 0 spiro atoms. The predicted molar refractivity (Wildman–Crippen MR) is 79.8 cm³/mol. The fourth-order valence-electron chi connectivity index (χ4n) is 2.23. The summed E-state index contributed by atoms with van der Waals surface area (Å²) in [6.07, 6.45) is 4.53. The van der Waals surface area contributed by atoms with Gasteiger partial charge in [-0.05, 0) is 12.8 Å². The van der Waals surface area contributed by atoms with Crippen LogP contribution in [0.2, 0.25) is 0 Å². The molecule has 1 amide bonds. The molecule has 0 saturated heterocycles. The molecule has 0 aromatic carbocycles. The Bertz CT molecular complexity index is 447. The van der Waals surface area contributed by atoms with Gasteiger partial charge in [0.2, 0.25) is 5.91 Å². The van der Waals surface area contributed by atoms with Crippen LogP contribution in [0.1, 0.15) is 62.5 Å². The van der Waals surface area contributed by atoms with Crippen molar-refractivity contribution in [3.05, 3.63) is 16.1 Å². The van der Waals surface area contributed by atoms with E-state index in [0.717, 1.165) is 17.8 Å². The van der Waals surface area contributed by atoms with Crippen LogP contribution >= 0.6 is 22.9 Å². The van der Waals surface area contributed by atoms with Crippen molar-refractivity contribution in [1.29, 1.82) is 0 Å². The summed E-state index contributed by atoms with van der Waals surface area (Å²) in [7, 11) is 0. The van der Waals surface area contributed by atoms with Crippen molar-refractivity contribution in [3.63, 3.8) is 0 Å². The Kier molecular flexibility index (Phi) is 4.51. The minimum atomic E-state index is -0.673. The number of thiazole rings is 1. The fourth-order valence-corrected chi connectivity index (χ4v) is 3.41. The number of hydrogen-bond donors (Lipinski definition) is 1. The van der Waals surface area contributed by atoms with Gasteiger partial charge in [0.05, 0.1) is 10.7 Å². The lowest BCUT2D eigenvalue weighted by Crippen LogP contribution is -2.35. The number of hydrogen-bond acceptors (Lipinski definition) is 3. The highest BCUT2D eigenvalue weighted by Gasteiger charge is 2.26. The zero-order chi connectivity index (χ0) is 14.0. The third-order valence-corrected chi connectivity index (χ3v) is 5.06. The molecule has 5 heteroatoms. The van der Waals surface area contributed by atoms with Crippen molar-refractivity contribution >= 4 is 28.8 Å². The van der Waals surface area contributed by atoms with Crippen LogP contribution in [-0.4, -0.2) is 16.9 Å². The standard InChI is InChI=1S/C14H21ClN2OS/c1-14(2,3)13-17-10(8-19-13)11(15)12(18)16-9-6-4-5-7-9/h8-9,11H,4-7H2,1-3H3,(H,16,18). The van der Waals surface area contributed by atoms with E-state index in [1.807, 2.05) is 5.38 Å². The summed E-state index contributed by atoms with van der Waals surface area (Å²) in [5, 5.41) is 5.26. The molecule has 0 radical (unpaired) electrons. The molecule has 1 aliphatic carbocycles. The van der Waals surface area contributed by atoms with E-state index in [0.29, 0.717) is 11.7 Å². The lowest BCUT2D eigenvalue weighted by Gasteiger charge is -2.15. The Morgan fingerprint density at radius 3 is 2.63 bits per heavy atom. The Morgan fingerprint density at radius 2 is 2.11 bits per heavy atom. The van der Waals surface area contributed by atoms with Crippen LogP contribution in [0.25, 0.3) is 0 Å². The average molecular weight is 301 g/mol. The second-order valence-corrected chi connectivity index (χ2v) is 7.47. The largest absolute Gasteiger partial charge is 0.352 e. The van der Waals surface area contributed by atoms with Crippen molar-refractivity contribution in [3.8, 4) is 0 Å². The quantitative estimate of drug-likeness (QED) is 0.863. The predicted octanol–water partition coefficient (Wildman–Crippen LogP) is 3.78. The Labute approximate surface area is 123 Å². The van der Waals surface area contributed by atoms with Gasteiger partial charge in [-0.1, -0.05) is 33.6 Å². The van der Waals surface area contributed by atoms with Gasteiger partial charge in [0.1, 0.15) is 0 Å². The minimum absolute atomic E-state index is 0.00144. The number of carbonyl (C=O) groups is 1. The van der Waals surface area contributed by atoms with E-state index in [9.17, 15) is 4.79 Å². The third kappa shape index (κ3) is 3.69. The molecule has 1 atom stereocenters. The lowest BCUT2D eigenvalue weighted by molar-refractivity contribution is -0.121. The molecule has 0 bridgehead atoms. The number of alkyl halides is 1. The molecule has 1 aromatic heterocycles. The monoisotopic (exact) mass is 300 g/mol. The third-order valence-electron chi connectivity index (χ3n) is 3.35. The second-order valence-electron chi connectivity index (χ2n) is 6.18. The lowest BCUT2D eigenvalue weighted by atomic mass is 9.98. The van der Waals surface area contributed by atoms with E-state index in [4.69, 9.17) is 11.6 Å². The Hall–Kier alpha value is -0.610. The molecule has 3 nitrogen and oxygen atoms in total. The first-order valence-corrected chi connectivity index (χ1v) is 8.10. The number of amides is 1. The zero-order valence-corrected chi connectivity index (χ0v) is 13.3. The summed E-state index contributed by atoms with van der Waals surface area (Å²) in [5.41, 5.74) is 0.675. The summed E-state index contributed by atoms with van der Waals surface area (Å²) in [4.78, 5) is 16.6. The van der Waals surface area contributed by atoms with Gasteiger partial charge in [-0.25, -0.2) is 4.98 Å². The van der Waals surface area contributed by atoms with Crippen molar-refractivity contribution in [2.45, 2.75) is 63.3 Å². The van der Waals surface area contributed by atoms with Crippen LogP contribution in [-0.2, 0) is 10.2 Å². The Balaban J connectivity index is 2.00. The van der Waals surface area contributed by atoms with Gasteiger partial charge in [0.15, 0.2) is 5.38 Å². The molecule has 1 heterocycles. The zero-order valence-electron chi connectivity index (χ0n) is 11.7. The van der Waals surface area contributed by atoms with Crippen molar-refractivity contribution in [1.82, 2.24) is 10.3 Å². The highest BCUT2D eigenvalue weighted by Crippen LogP contribution is 2.30. The molecular formula is C14H21ClN2OS. The molecule has 0 aliphatic heterocycles. The first kappa shape index (κ1) is 14.8. The van der Waals surface area contributed by atoms with Gasteiger partial charge in [-0.15, -0.1) is 22.9 Å². The van der Waals surface area contributed by atoms with Crippen molar-refractivity contribution in [2.24, 2.45) is 0 Å². The highest BCUT2D eigenvalue weighted by atomic mass is 35.5. The summed E-state index contributed by atoms with van der Waals surface area (Å²) in [5.74, 6) is -0.112. The number of carbonyl (C=O) groups excluding carboxylic acids is 1. The Morgan fingerprint density at radius 1 is 1.47 bits per heavy atom. The van der Waals surface area contributed by atoms with E-state index in [1.165, 1.54) is 12.8 Å². The fraction of sp³-hybridized carbons (Fsp3) is 0.714. The van der Waals surface area contributed by atoms with E-state index >= 15 is 0 Å². The van der Waals surface area contributed by atoms with E-state index in [2.05, 4.69) is 31.1 Å². The first-order chi connectivity index (χ1) is 8.88. The van der Waals surface area contributed by atoms with Crippen LogP contribution in [0.5, 0.6) is 0 Å². The number of rotatable bonds is 3. The number of halogens is 1. The van der Waals surface area contributed by atoms with Crippen LogP contribution in [0.15, 0.2) is 5.38 Å². The summed E-state index contributed by atoms with van der Waals surface area (Å²) >= 11 is 7.80. The van der Waals surface area contributed by atoms with Crippen molar-refractivity contribution < 1.29 is 4.79 Å². The molecule has 1 saturated carbocycles. The summed E-state index contributed by atoms with van der Waals surface area (Å²) < 4.78 is 0. The topological polar surface area (TPSA) is 42.0 Å². The maximum Gasteiger partial charge on any atom is 0.244 e. The van der Waals surface area contributed by atoms with Crippen LogP contribution in [0, 0.1) is 0 Å². The van der Waals surface area contributed by atoms with Gasteiger partial charge in [-0.3, -0.25) is 4.79 Å². The van der Waals surface area contributed by atoms with E-state index in [1.54, 1.807) is 11.3 Å². The molecule has 2 rings (SSSR count). The number of aromatic nitrogens is 1. The van der Waals surface area contributed by atoms with Gasteiger partial charge >= 0.3 is 0 Å². The average Bonchev–Trinajstić information content (AvgIpc) is 2.97. The maximum atomic E-state index is 12.1. The smallest absolute Gasteiger partial charge is 0.244 e. The molecular weight excluding hydrogens is 280 g/mol. The molecule has 1 fully saturated rings. The summed E-state index contributed by atoms with van der Waals surface area (Å²) in [6, 6.07) is 0.300. The van der Waals surface area contributed by atoms with Gasteiger partial charge in [0.25, 0.3) is 0 Å². The molecule has 106 valence electrons. The number of nitrogens with zero attached hydrogens (tertiary/aromatic N) is 1. The maximum absolute atomic E-state index is 12.1. The first-order valence-electron chi connectivity index (χ1n) is 6.78. The van der Waals surface area contributed by atoms with E-state index < -0.39 is 5.38 Å². The highest BCUT2D eigenvalue weighted by molar-refractivity contribution is 7.09. The molecule has 1 aromatic rings. The van der Waals surface area contributed by atoms with Crippen molar-refractivity contribution in [2.75, 3.05) is 0 Å². The number of nitrogens with one attached hydrogen (secondary N) is 1.